The highest BCUT2D eigenvalue weighted by Crippen LogP contribution is 2.23. The molecule has 0 bridgehead atoms. The summed E-state index contributed by atoms with van der Waals surface area (Å²) >= 11 is 0. The number of para-hydroxylation sites is 2. The van der Waals surface area contributed by atoms with E-state index in [2.05, 4.69) is 15.6 Å². The summed E-state index contributed by atoms with van der Waals surface area (Å²) < 4.78 is 12.6. The van der Waals surface area contributed by atoms with Crippen LogP contribution < -0.4 is 15.4 Å². The molecule has 0 unspecified atom stereocenters. The van der Waals surface area contributed by atoms with Crippen molar-refractivity contribution in [1.29, 1.82) is 0 Å². The molecule has 130 valence electrons. The van der Waals surface area contributed by atoms with Gasteiger partial charge in [0.25, 0.3) is 0 Å². The maximum absolute atomic E-state index is 12.0. The molecule has 0 spiro atoms. The van der Waals surface area contributed by atoms with Crippen LogP contribution >= 0.6 is 0 Å². The third-order valence-corrected chi connectivity index (χ3v) is 3.32. The average molecular weight is 332 g/mol. The van der Waals surface area contributed by atoms with E-state index in [4.69, 9.17) is 9.47 Å². The minimum Gasteiger partial charge on any atom is -0.491 e. The van der Waals surface area contributed by atoms with E-state index in [0.717, 1.165) is 19.4 Å². The number of carbonyl (C=O) groups is 1. The molecule has 24 heavy (non-hydrogen) atoms. The number of nitrogens with one attached hydrogen (secondary N) is 2. The number of amides is 2. The van der Waals surface area contributed by atoms with Crippen molar-refractivity contribution in [3.63, 3.8) is 0 Å². The van der Waals surface area contributed by atoms with Crippen molar-refractivity contribution in [2.24, 2.45) is 0 Å². The van der Waals surface area contributed by atoms with Gasteiger partial charge >= 0.3 is 6.03 Å². The third kappa shape index (κ3) is 6.29. The summed E-state index contributed by atoms with van der Waals surface area (Å²) in [4.78, 5) is 16.0. The average Bonchev–Trinajstić information content (AvgIpc) is 3.10. The quantitative estimate of drug-likeness (QED) is 0.655. The van der Waals surface area contributed by atoms with Gasteiger partial charge in [0, 0.05) is 45.6 Å². The molecule has 2 amide bonds. The lowest BCUT2D eigenvalue weighted by molar-refractivity contribution is 0.172. The molecule has 7 nitrogen and oxygen atoms in total. The van der Waals surface area contributed by atoms with Crippen LogP contribution in [0, 0.1) is 0 Å². The standard InChI is InChI=1S/C17H24N4O3/c1-23-12-5-13-24-16-7-3-2-6-15(16)20-17(22)19-8-4-10-21-11-9-18-14-21/h2-3,6-7,9,11,14H,4-5,8,10,12-13H2,1H3,(H2,19,20,22). The van der Waals surface area contributed by atoms with Crippen molar-refractivity contribution in [3.05, 3.63) is 43.0 Å². The minimum absolute atomic E-state index is 0.242. The zero-order chi connectivity index (χ0) is 17.0. The number of hydrogen-bond donors (Lipinski definition) is 2. The highest BCUT2D eigenvalue weighted by Gasteiger charge is 2.06. The molecule has 0 aliphatic carbocycles. The van der Waals surface area contributed by atoms with Gasteiger partial charge in [0.1, 0.15) is 5.75 Å². The summed E-state index contributed by atoms with van der Waals surface area (Å²) in [5, 5.41) is 5.66. The third-order valence-electron chi connectivity index (χ3n) is 3.32. The van der Waals surface area contributed by atoms with Crippen molar-refractivity contribution in [2.75, 3.05) is 32.2 Å². The van der Waals surface area contributed by atoms with Crippen LogP contribution in [0.1, 0.15) is 12.8 Å². The second kappa shape index (κ2) is 10.3. The van der Waals surface area contributed by atoms with Crippen LogP contribution in [0.25, 0.3) is 0 Å². The Balaban J connectivity index is 1.72. The van der Waals surface area contributed by atoms with Gasteiger partial charge in [-0.25, -0.2) is 9.78 Å². The Morgan fingerprint density at radius 3 is 2.92 bits per heavy atom. The summed E-state index contributed by atoms with van der Waals surface area (Å²) in [6, 6.07) is 7.14. The number of urea groups is 1. The first-order valence-electron chi connectivity index (χ1n) is 8.01. The van der Waals surface area contributed by atoms with E-state index in [-0.39, 0.29) is 6.03 Å². The summed E-state index contributed by atoms with van der Waals surface area (Å²) in [6.07, 6.45) is 7.03. The van der Waals surface area contributed by atoms with Gasteiger partial charge in [0.2, 0.25) is 0 Å². The number of imidazole rings is 1. The zero-order valence-electron chi connectivity index (χ0n) is 13.9. The molecule has 0 fully saturated rings. The van der Waals surface area contributed by atoms with Crippen LogP contribution in [-0.4, -0.2) is 42.5 Å². The molecule has 0 saturated carbocycles. The lowest BCUT2D eigenvalue weighted by Gasteiger charge is -2.13. The fourth-order valence-electron chi connectivity index (χ4n) is 2.13. The molecule has 7 heteroatoms. The van der Waals surface area contributed by atoms with Crippen molar-refractivity contribution in [2.45, 2.75) is 19.4 Å². The number of hydrogen-bond acceptors (Lipinski definition) is 4. The molecule has 1 aromatic carbocycles. The fourth-order valence-corrected chi connectivity index (χ4v) is 2.13. The maximum Gasteiger partial charge on any atom is 0.319 e. The Labute approximate surface area is 142 Å². The van der Waals surface area contributed by atoms with Crippen LogP contribution in [-0.2, 0) is 11.3 Å². The smallest absolute Gasteiger partial charge is 0.319 e. The minimum atomic E-state index is -0.242. The van der Waals surface area contributed by atoms with Gasteiger partial charge in [-0.1, -0.05) is 12.1 Å². The predicted octanol–water partition coefficient (Wildman–Crippen LogP) is 2.51. The number of methoxy groups -OCH3 is 1. The Morgan fingerprint density at radius 1 is 1.25 bits per heavy atom. The van der Waals surface area contributed by atoms with E-state index in [0.29, 0.717) is 31.2 Å². The summed E-state index contributed by atoms with van der Waals surface area (Å²) in [7, 11) is 1.66. The van der Waals surface area contributed by atoms with E-state index in [1.54, 1.807) is 19.6 Å². The number of aryl methyl sites for hydroxylation is 1. The predicted molar refractivity (Wildman–Crippen MR) is 92.3 cm³/mol. The SMILES string of the molecule is COCCCOc1ccccc1NC(=O)NCCCn1ccnc1. The normalized spacial score (nSPS) is 10.4. The van der Waals surface area contributed by atoms with Crippen LogP contribution in [0.4, 0.5) is 10.5 Å². The van der Waals surface area contributed by atoms with E-state index < -0.39 is 0 Å². The summed E-state index contributed by atoms with van der Waals surface area (Å²) in [5.41, 5.74) is 0.655. The molecule has 1 aromatic heterocycles. The molecular formula is C17H24N4O3. The van der Waals surface area contributed by atoms with Gasteiger partial charge in [-0.15, -0.1) is 0 Å². The number of benzene rings is 1. The maximum atomic E-state index is 12.0. The second-order valence-corrected chi connectivity index (χ2v) is 5.23. The molecule has 0 aliphatic heterocycles. The van der Waals surface area contributed by atoms with Crippen molar-refractivity contribution in [3.8, 4) is 5.75 Å². The highest BCUT2D eigenvalue weighted by atomic mass is 16.5. The molecule has 1 heterocycles. The Hall–Kier alpha value is -2.54. The van der Waals surface area contributed by atoms with Crippen molar-refractivity contribution in [1.82, 2.24) is 14.9 Å². The first-order chi connectivity index (χ1) is 11.8. The molecule has 0 radical (unpaired) electrons. The number of anilines is 1. The van der Waals surface area contributed by atoms with Gasteiger partial charge in [0.05, 0.1) is 18.6 Å². The molecule has 0 aliphatic rings. The van der Waals surface area contributed by atoms with Crippen LogP contribution in [0.2, 0.25) is 0 Å². The molecule has 2 aromatic rings. The van der Waals surface area contributed by atoms with E-state index >= 15 is 0 Å². The lowest BCUT2D eigenvalue weighted by Crippen LogP contribution is -2.30. The Kier molecular flexibility index (Phi) is 7.62. The number of aromatic nitrogens is 2. The van der Waals surface area contributed by atoms with E-state index in [1.807, 2.05) is 35.0 Å². The fraction of sp³-hybridized carbons (Fsp3) is 0.412. The zero-order valence-corrected chi connectivity index (χ0v) is 13.9. The van der Waals surface area contributed by atoms with E-state index in [1.165, 1.54) is 0 Å². The van der Waals surface area contributed by atoms with Crippen LogP contribution in [0.3, 0.4) is 0 Å². The first kappa shape index (κ1) is 17.8. The Bertz CT molecular complexity index is 602. The van der Waals surface area contributed by atoms with Crippen LogP contribution in [0.15, 0.2) is 43.0 Å². The number of carbonyl (C=O) groups excluding carboxylic acids is 1. The van der Waals surface area contributed by atoms with Gasteiger partial charge in [0.15, 0.2) is 0 Å². The summed E-state index contributed by atoms with van der Waals surface area (Å²) in [6.45, 7) is 2.59. The van der Waals surface area contributed by atoms with Crippen molar-refractivity contribution < 1.29 is 14.3 Å². The Morgan fingerprint density at radius 2 is 2.12 bits per heavy atom. The molecule has 0 atom stereocenters. The van der Waals surface area contributed by atoms with Gasteiger partial charge < -0.3 is 24.7 Å². The topological polar surface area (TPSA) is 77.4 Å². The van der Waals surface area contributed by atoms with Crippen molar-refractivity contribution >= 4 is 11.7 Å². The first-order valence-corrected chi connectivity index (χ1v) is 8.01. The number of rotatable bonds is 10. The molecular weight excluding hydrogens is 308 g/mol. The number of nitrogens with zero attached hydrogens (tertiary/aromatic N) is 2. The second-order valence-electron chi connectivity index (χ2n) is 5.23. The van der Waals surface area contributed by atoms with Crippen LogP contribution in [0.5, 0.6) is 5.75 Å². The molecule has 2 rings (SSSR count). The number of ether oxygens (including phenoxy) is 2. The highest BCUT2D eigenvalue weighted by molar-refractivity contribution is 5.90. The monoisotopic (exact) mass is 332 g/mol. The largest absolute Gasteiger partial charge is 0.491 e. The van der Waals surface area contributed by atoms with Gasteiger partial charge in [-0.05, 0) is 18.6 Å². The molecule has 2 N–H and O–H groups in total. The van der Waals surface area contributed by atoms with Gasteiger partial charge in [-0.2, -0.15) is 0 Å². The summed E-state index contributed by atoms with van der Waals surface area (Å²) in [5.74, 6) is 0.655. The van der Waals surface area contributed by atoms with Gasteiger partial charge in [-0.3, -0.25) is 0 Å². The lowest BCUT2D eigenvalue weighted by atomic mass is 10.3. The van der Waals surface area contributed by atoms with E-state index in [9.17, 15) is 4.79 Å². The molecule has 0 saturated heterocycles.